The van der Waals surface area contributed by atoms with Crippen LogP contribution >= 0.6 is 11.8 Å². The first-order chi connectivity index (χ1) is 19.0. The number of fused-ring (bicyclic) bond motifs is 2. The van der Waals surface area contributed by atoms with Crippen LogP contribution in [0.15, 0.2) is 94.6 Å². The molecule has 0 atom stereocenters. The fourth-order valence-electron chi connectivity index (χ4n) is 6.62. The first-order valence-electron chi connectivity index (χ1n) is 14.3. The molecule has 208 valence electrons. The number of allylic oxidation sites excluding steroid dienone is 7. The van der Waals surface area contributed by atoms with E-state index in [1.54, 1.807) is 11.8 Å². The van der Waals surface area contributed by atoms with Crippen molar-refractivity contribution in [2.75, 3.05) is 24.7 Å². The molecular formula is C35H42N3OS+. The molecule has 0 spiro atoms. The fraction of sp³-hybridized carbons (Fsp3) is 0.371. The van der Waals surface area contributed by atoms with Crippen LogP contribution in [0.25, 0.3) is 0 Å². The van der Waals surface area contributed by atoms with Gasteiger partial charge in [-0.15, -0.1) is 11.8 Å². The minimum absolute atomic E-state index is 0.0624. The van der Waals surface area contributed by atoms with Crippen LogP contribution in [0.4, 0.5) is 11.4 Å². The number of para-hydroxylation sites is 2. The maximum absolute atomic E-state index is 11.6. The first kappa shape index (κ1) is 28.2. The third kappa shape index (κ3) is 5.01. The molecule has 5 rings (SSSR count). The lowest BCUT2D eigenvalue weighted by Gasteiger charge is -2.25. The van der Waals surface area contributed by atoms with Gasteiger partial charge in [-0.1, -0.05) is 62.4 Å². The van der Waals surface area contributed by atoms with Gasteiger partial charge in [-0.2, -0.15) is 4.58 Å². The summed E-state index contributed by atoms with van der Waals surface area (Å²) in [6, 6.07) is 17.4. The van der Waals surface area contributed by atoms with Crippen LogP contribution in [0, 0.1) is 0 Å². The van der Waals surface area contributed by atoms with Crippen molar-refractivity contribution in [1.82, 2.24) is 0 Å². The fourth-order valence-corrected chi connectivity index (χ4v) is 7.84. The van der Waals surface area contributed by atoms with Crippen molar-refractivity contribution >= 4 is 34.8 Å². The summed E-state index contributed by atoms with van der Waals surface area (Å²) in [4.78, 5) is 15.2. The molecule has 40 heavy (non-hydrogen) atoms. The molecule has 0 saturated heterocycles. The van der Waals surface area contributed by atoms with E-state index in [4.69, 9.17) is 5.73 Å². The molecule has 0 unspecified atom stereocenters. The van der Waals surface area contributed by atoms with Gasteiger partial charge in [0.2, 0.25) is 11.6 Å². The summed E-state index contributed by atoms with van der Waals surface area (Å²) >= 11 is 1.78. The zero-order valence-corrected chi connectivity index (χ0v) is 25.6. The van der Waals surface area contributed by atoms with E-state index < -0.39 is 0 Å². The van der Waals surface area contributed by atoms with Crippen molar-refractivity contribution < 1.29 is 9.37 Å². The molecule has 1 amide bonds. The Labute approximate surface area is 244 Å². The van der Waals surface area contributed by atoms with Crippen LogP contribution in [-0.2, 0) is 15.6 Å². The third-order valence-corrected chi connectivity index (χ3v) is 10.1. The molecule has 2 aromatic rings. The Kier molecular flexibility index (Phi) is 7.71. The number of nitrogens with two attached hydrogens (primary N) is 1. The van der Waals surface area contributed by atoms with Crippen LogP contribution in [0.1, 0.15) is 64.5 Å². The van der Waals surface area contributed by atoms with Crippen molar-refractivity contribution in [3.05, 3.63) is 106 Å². The van der Waals surface area contributed by atoms with E-state index in [2.05, 4.69) is 124 Å². The number of anilines is 1. The average molecular weight is 553 g/mol. The molecule has 0 radical (unpaired) electrons. The largest absolute Gasteiger partial charge is 0.370 e. The van der Waals surface area contributed by atoms with Gasteiger partial charge in [0.1, 0.15) is 7.05 Å². The second-order valence-corrected chi connectivity index (χ2v) is 13.2. The van der Waals surface area contributed by atoms with Gasteiger partial charge in [-0.05, 0) is 62.0 Å². The molecule has 2 heterocycles. The summed E-state index contributed by atoms with van der Waals surface area (Å²) in [6.45, 7) is 9.23. The van der Waals surface area contributed by atoms with Crippen molar-refractivity contribution in [2.45, 2.75) is 64.2 Å². The lowest BCUT2D eigenvalue weighted by molar-refractivity contribution is -0.401. The highest BCUT2D eigenvalue weighted by molar-refractivity contribution is 8.03. The number of rotatable bonds is 7. The summed E-state index contributed by atoms with van der Waals surface area (Å²) in [5, 5.41) is 0. The highest BCUT2D eigenvalue weighted by atomic mass is 32.2. The minimum Gasteiger partial charge on any atom is -0.370 e. The highest BCUT2D eigenvalue weighted by Crippen LogP contribution is 2.47. The van der Waals surface area contributed by atoms with Gasteiger partial charge in [-0.3, -0.25) is 4.79 Å². The summed E-state index contributed by atoms with van der Waals surface area (Å²) in [5.41, 5.74) is 16.0. The molecule has 1 aliphatic carbocycles. The topological polar surface area (TPSA) is 49.3 Å². The number of carbonyl (C=O) groups is 1. The Bertz CT molecular complexity index is 1500. The predicted octanol–water partition coefficient (Wildman–Crippen LogP) is 7.53. The number of carbonyl (C=O) groups excluding carboxylic acids is 1. The normalized spacial score (nSPS) is 21.6. The van der Waals surface area contributed by atoms with E-state index in [1.807, 2.05) is 0 Å². The van der Waals surface area contributed by atoms with Crippen LogP contribution in [0.3, 0.4) is 0 Å². The number of nitrogens with zero attached hydrogens (tertiary/aromatic N) is 2. The Balaban J connectivity index is 1.52. The van der Waals surface area contributed by atoms with Gasteiger partial charge in [0.25, 0.3) is 0 Å². The first-order valence-corrected chi connectivity index (χ1v) is 15.3. The number of hydrogen-bond donors (Lipinski definition) is 1. The highest BCUT2D eigenvalue weighted by Gasteiger charge is 2.42. The number of thioether (sulfide) groups is 1. The molecule has 2 N–H and O–H groups in total. The van der Waals surface area contributed by atoms with Gasteiger partial charge in [0.15, 0.2) is 5.71 Å². The molecule has 4 nitrogen and oxygen atoms in total. The molecular weight excluding hydrogens is 510 g/mol. The van der Waals surface area contributed by atoms with Crippen LogP contribution < -0.4 is 10.6 Å². The van der Waals surface area contributed by atoms with Gasteiger partial charge in [0.05, 0.1) is 5.41 Å². The summed E-state index contributed by atoms with van der Waals surface area (Å²) < 4.78 is 2.33. The minimum atomic E-state index is -0.247. The van der Waals surface area contributed by atoms with E-state index in [1.165, 1.54) is 50.0 Å². The summed E-state index contributed by atoms with van der Waals surface area (Å²) in [6.07, 6.45) is 12.8. The Morgan fingerprint density at radius 1 is 0.975 bits per heavy atom. The third-order valence-electron chi connectivity index (χ3n) is 8.84. The smallest absolute Gasteiger partial charge is 0.218 e. The number of primary amides is 1. The molecule has 0 bridgehead atoms. The lowest BCUT2D eigenvalue weighted by atomic mass is 9.81. The van der Waals surface area contributed by atoms with Crippen molar-refractivity contribution in [2.24, 2.45) is 5.73 Å². The monoisotopic (exact) mass is 552 g/mol. The molecule has 3 aliphatic rings. The molecule has 2 aliphatic heterocycles. The van der Waals surface area contributed by atoms with E-state index >= 15 is 0 Å². The Morgan fingerprint density at radius 2 is 1.68 bits per heavy atom. The van der Waals surface area contributed by atoms with E-state index in [9.17, 15) is 4.79 Å². The molecule has 5 heteroatoms. The second kappa shape index (κ2) is 10.9. The number of benzene rings is 2. The van der Waals surface area contributed by atoms with Gasteiger partial charge < -0.3 is 10.6 Å². The number of likely N-dealkylation sites (N-methyl/N-ethyl adjacent to an activating group) is 1. The SMILES string of the molecule is CN1/C(=C/C=C2\CCCC(/C=C/C3=[N+](C)c4ccccc4C3(C)C)=C2SCCC(N)=O)C(C)(C)c2ccccc21. The average Bonchev–Trinajstić information content (AvgIpc) is 3.24. The van der Waals surface area contributed by atoms with Gasteiger partial charge >= 0.3 is 0 Å². The standard InChI is InChI=1S/C35H41N3OS/c1-34(2)26-14-7-9-16-28(26)37(5)30(34)20-18-24-12-11-13-25(33(24)40-23-22-32(36)39)19-21-31-35(3,4)27-15-8-10-17-29(27)38(31)6/h7-10,14-21H,11-13,22-23H2,1-6H3,(H-,36,39)/p+1. The molecule has 0 saturated carbocycles. The van der Waals surface area contributed by atoms with Crippen molar-refractivity contribution in [3.8, 4) is 0 Å². The number of amides is 1. The zero-order chi connectivity index (χ0) is 28.7. The maximum atomic E-state index is 11.6. The quantitative estimate of drug-likeness (QED) is 0.361. The van der Waals surface area contributed by atoms with E-state index in [0.29, 0.717) is 12.2 Å². The van der Waals surface area contributed by atoms with Crippen molar-refractivity contribution in [1.29, 1.82) is 0 Å². The zero-order valence-electron chi connectivity index (χ0n) is 24.8. The van der Waals surface area contributed by atoms with E-state index in [-0.39, 0.29) is 16.7 Å². The van der Waals surface area contributed by atoms with Crippen LogP contribution in [0.5, 0.6) is 0 Å². The summed E-state index contributed by atoms with van der Waals surface area (Å²) in [7, 11) is 4.33. The Morgan fingerprint density at radius 3 is 2.38 bits per heavy atom. The maximum Gasteiger partial charge on any atom is 0.218 e. The second-order valence-electron chi connectivity index (χ2n) is 12.1. The molecule has 0 fully saturated rings. The predicted molar refractivity (Wildman–Crippen MR) is 171 cm³/mol. The van der Waals surface area contributed by atoms with Crippen LogP contribution in [-0.4, -0.2) is 36.0 Å². The lowest BCUT2D eigenvalue weighted by Crippen LogP contribution is -2.26. The van der Waals surface area contributed by atoms with Crippen LogP contribution in [0.2, 0.25) is 0 Å². The Hall–Kier alpha value is -3.31. The molecule has 2 aromatic carbocycles. The summed E-state index contributed by atoms with van der Waals surface area (Å²) in [5.74, 6) is 0.448. The van der Waals surface area contributed by atoms with Crippen molar-refractivity contribution in [3.63, 3.8) is 0 Å². The van der Waals surface area contributed by atoms with Gasteiger partial charge in [-0.25, -0.2) is 0 Å². The molecule has 0 aromatic heterocycles. The van der Waals surface area contributed by atoms with Gasteiger partial charge in [0, 0.05) is 58.6 Å². The number of hydrogen-bond acceptors (Lipinski definition) is 3. The van der Waals surface area contributed by atoms with E-state index in [0.717, 1.165) is 19.3 Å².